The fourth-order valence-corrected chi connectivity index (χ4v) is 3.96. The summed E-state index contributed by atoms with van der Waals surface area (Å²) in [6, 6.07) is 15.2. The number of hydrogen-bond acceptors (Lipinski definition) is 5. The zero-order valence-corrected chi connectivity index (χ0v) is 18.7. The van der Waals surface area contributed by atoms with Crippen LogP contribution in [0.1, 0.15) is 28.7 Å². The van der Waals surface area contributed by atoms with Crippen molar-refractivity contribution in [1.82, 2.24) is 14.8 Å². The van der Waals surface area contributed by atoms with Crippen molar-refractivity contribution in [1.29, 1.82) is 0 Å². The van der Waals surface area contributed by atoms with Crippen LogP contribution in [0.3, 0.4) is 0 Å². The number of Topliss-reactive ketones (excluding diaryl/α,β-unsaturated/α-hetero) is 1. The minimum atomic E-state index is -0.297. The third kappa shape index (κ3) is 5.58. The molecule has 0 amide bonds. The van der Waals surface area contributed by atoms with Crippen molar-refractivity contribution in [3.8, 4) is 5.75 Å². The molecule has 0 spiro atoms. The molecule has 0 saturated heterocycles. The molecule has 1 aromatic heterocycles. The van der Waals surface area contributed by atoms with Gasteiger partial charge in [0, 0.05) is 16.6 Å². The first kappa shape index (κ1) is 21.3. The standard InChI is InChI=1S/C22H22BrN3O2S/c1-4-12-26-20(14-28-19-7-5-6-15(2)13-19)24-25-22(26)29-16(3)21(27)17-8-10-18(23)11-9-17/h4-11,13,16H,1,12,14H2,2-3H3/t16-/m0/s1. The van der Waals surface area contributed by atoms with Crippen molar-refractivity contribution < 1.29 is 9.53 Å². The van der Waals surface area contributed by atoms with Crippen LogP contribution >= 0.6 is 27.7 Å². The molecule has 5 nitrogen and oxygen atoms in total. The lowest BCUT2D eigenvalue weighted by Gasteiger charge is -2.12. The minimum Gasteiger partial charge on any atom is -0.486 e. The van der Waals surface area contributed by atoms with Crippen LogP contribution in [0.15, 0.2) is 70.8 Å². The summed E-state index contributed by atoms with van der Waals surface area (Å²) >= 11 is 4.78. The molecule has 0 aliphatic heterocycles. The molecular weight excluding hydrogens is 450 g/mol. The predicted molar refractivity (Wildman–Crippen MR) is 120 cm³/mol. The lowest BCUT2D eigenvalue weighted by molar-refractivity contribution is 0.0994. The molecule has 0 aliphatic carbocycles. The number of benzene rings is 2. The smallest absolute Gasteiger partial charge is 0.192 e. The summed E-state index contributed by atoms with van der Waals surface area (Å²) in [5.74, 6) is 1.52. The summed E-state index contributed by atoms with van der Waals surface area (Å²) in [7, 11) is 0. The van der Waals surface area contributed by atoms with Crippen molar-refractivity contribution in [2.45, 2.75) is 37.4 Å². The Morgan fingerprint density at radius 1 is 1.28 bits per heavy atom. The van der Waals surface area contributed by atoms with Crippen LogP contribution in [0.4, 0.5) is 0 Å². The van der Waals surface area contributed by atoms with Gasteiger partial charge < -0.3 is 4.74 Å². The third-order valence-electron chi connectivity index (χ3n) is 4.24. The van der Waals surface area contributed by atoms with Gasteiger partial charge in [0.25, 0.3) is 0 Å². The van der Waals surface area contributed by atoms with Crippen molar-refractivity contribution in [2.24, 2.45) is 0 Å². The quantitative estimate of drug-likeness (QED) is 0.235. The topological polar surface area (TPSA) is 57.0 Å². The van der Waals surface area contributed by atoms with Gasteiger partial charge in [-0.15, -0.1) is 16.8 Å². The van der Waals surface area contributed by atoms with Gasteiger partial charge in [-0.25, -0.2) is 0 Å². The Hall–Kier alpha value is -2.38. The minimum absolute atomic E-state index is 0.0493. The van der Waals surface area contributed by atoms with Crippen LogP contribution in [0.5, 0.6) is 5.75 Å². The van der Waals surface area contributed by atoms with E-state index in [1.54, 1.807) is 6.08 Å². The Morgan fingerprint density at radius 3 is 2.72 bits per heavy atom. The number of hydrogen-bond donors (Lipinski definition) is 0. The van der Waals surface area contributed by atoms with E-state index in [1.807, 2.05) is 66.9 Å². The first-order valence-corrected chi connectivity index (χ1v) is 10.8. The average molecular weight is 472 g/mol. The molecule has 0 radical (unpaired) electrons. The summed E-state index contributed by atoms with van der Waals surface area (Å²) < 4.78 is 8.74. The Balaban J connectivity index is 1.72. The molecule has 0 saturated carbocycles. The molecule has 29 heavy (non-hydrogen) atoms. The Morgan fingerprint density at radius 2 is 2.03 bits per heavy atom. The molecule has 1 atom stereocenters. The van der Waals surface area contributed by atoms with Gasteiger partial charge in [-0.3, -0.25) is 9.36 Å². The molecule has 150 valence electrons. The average Bonchev–Trinajstić information content (AvgIpc) is 3.08. The van der Waals surface area contributed by atoms with Crippen molar-refractivity contribution in [3.63, 3.8) is 0 Å². The van der Waals surface area contributed by atoms with Crippen molar-refractivity contribution in [2.75, 3.05) is 0 Å². The molecule has 3 aromatic rings. The van der Waals surface area contributed by atoms with E-state index in [-0.39, 0.29) is 11.0 Å². The maximum atomic E-state index is 12.7. The van der Waals surface area contributed by atoms with Gasteiger partial charge in [0.2, 0.25) is 0 Å². The Kier molecular flexibility index (Phi) is 7.28. The highest BCUT2D eigenvalue weighted by molar-refractivity contribution is 9.10. The van der Waals surface area contributed by atoms with Crippen molar-refractivity contribution in [3.05, 3.63) is 82.6 Å². The van der Waals surface area contributed by atoms with Gasteiger partial charge in [0.15, 0.2) is 16.8 Å². The maximum absolute atomic E-state index is 12.7. The van der Waals surface area contributed by atoms with E-state index in [0.717, 1.165) is 15.8 Å². The number of ether oxygens (including phenoxy) is 1. The number of aromatic nitrogens is 3. The number of carbonyl (C=O) groups excluding carboxylic acids is 1. The molecule has 3 rings (SSSR count). The predicted octanol–water partition coefficient (Wildman–Crippen LogP) is 5.48. The first-order chi connectivity index (χ1) is 14.0. The number of ketones is 1. The SMILES string of the molecule is C=CCn1c(COc2cccc(C)c2)nnc1S[C@@H](C)C(=O)c1ccc(Br)cc1. The highest BCUT2D eigenvalue weighted by Crippen LogP contribution is 2.26. The van der Waals surface area contributed by atoms with E-state index in [9.17, 15) is 4.79 Å². The van der Waals surface area contributed by atoms with Crippen LogP contribution < -0.4 is 4.74 Å². The number of aryl methyl sites for hydroxylation is 1. The van der Waals surface area contributed by atoms with Gasteiger partial charge in [-0.2, -0.15) is 0 Å². The summed E-state index contributed by atoms with van der Waals surface area (Å²) in [6.07, 6.45) is 1.78. The second-order valence-corrected chi connectivity index (χ2v) is 8.76. The molecule has 2 aromatic carbocycles. The molecule has 0 aliphatic rings. The monoisotopic (exact) mass is 471 g/mol. The van der Waals surface area contributed by atoms with Crippen LogP contribution in [0.2, 0.25) is 0 Å². The third-order valence-corrected chi connectivity index (χ3v) is 5.85. The van der Waals surface area contributed by atoms with E-state index < -0.39 is 0 Å². The van der Waals surface area contributed by atoms with Gasteiger partial charge in [-0.05, 0) is 43.7 Å². The number of nitrogens with zero attached hydrogens (tertiary/aromatic N) is 3. The van der Waals surface area contributed by atoms with Crippen LogP contribution in [0.25, 0.3) is 0 Å². The summed E-state index contributed by atoms with van der Waals surface area (Å²) in [5, 5.41) is 8.93. The molecule has 0 N–H and O–H groups in total. The highest BCUT2D eigenvalue weighted by atomic mass is 79.9. The van der Waals surface area contributed by atoms with Crippen LogP contribution in [0, 0.1) is 6.92 Å². The number of rotatable bonds is 9. The summed E-state index contributed by atoms with van der Waals surface area (Å²) in [5.41, 5.74) is 1.80. The molecular formula is C22H22BrN3O2S. The molecule has 1 heterocycles. The van der Waals surface area contributed by atoms with Gasteiger partial charge in [0.1, 0.15) is 12.4 Å². The molecule has 0 bridgehead atoms. The van der Waals surface area contributed by atoms with Gasteiger partial charge in [0.05, 0.1) is 5.25 Å². The lowest BCUT2D eigenvalue weighted by Crippen LogP contribution is -2.15. The van der Waals surface area contributed by atoms with Crippen molar-refractivity contribution >= 4 is 33.5 Å². The zero-order valence-electron chi connectivity index (χ0n) is 16.3. The molecule has 0 unspecified atom stereocenters. The van der Waals surface area contributed by atoms with Crippen LogP contribution in [-0.4, -0.2) is 25.8 Å². The summed E-state index contributed by atoms with van der Waals surface area (Å²) in [6.45, 7) is 8.55. The maximum Gasteiger partial charge on any atom is 0.192 e. The first-order valence-electron chi connectivity index (χ1n) is 9.17. The van der Waals surface area contributed by atoms with E-state index in [0.29, 0.717) is 29.7 Å². The number of thioether (sulfide) groups is 1. The zero-order chi connectivity index (χ0) is 20.8. The number of allylic oxidation sites excluding steroid dienone is 1. The van der Waals surface area contributed by atoms with E-state index >= 15 is 0 Å². The number of halogens is 1. The van der Waals surface area contributed by atoms with E-state index in [1.165, 1.54) is 11.8 Å². The van der Waals surface area contributed by atoms with E-state index in [2.05, 4.69) is 32.7 Å². The lowest BCUT2D eigenvalue weighted by atomic mass is 10.1. The van der Waals surface area contributed by atoms with Crippen LogP contribution in [-0.2, 0) is 13.2 Å². The highest BCUT2D eigenvalue weighted by Gasteiger charge is 2.21. The molecule has 0 fully saturated rings. The second kappa shape index (κ2) is 9.89. The Bertz CT molecular complexity index is 1000. The van der Waals surface area contributed by atoms with E-state index in [4.69, 9.17) is 4.74 Å². The largest absolute Gasteiger partial charge is 0.486 e. The number of carbonyl (C=O) groups is 1. The summed E-state index contributed by atoms with van der Waals surface area (Å²) in [4.78, 5) is 12.7. The Labute approximate surface area is 183 Å². The normalized spacial score (nSPS) is 11.8. The van der Waals surface area contributed by atoms with Gasteiger partial charge in [-0.1, -0.05) is 58.0 Å². The molecule has 7 heteroatoms. The van der Waals surface area contributed by atoms with Gasteiger partial charge >= 0.3 is 0 Å². The second-order valence-electron chi connectivity index (χ2n) is 6.53. The fraction of sp³-hybridized carbons (Fsp3) is 0.227. The fourth-order valence-electron chi connectivity index (χ4n) is 2.74.